The van der Waals surface area contributed by atoms with Crippen molar-refractivity contribution in [1.82, 2.24) is 0 Å². The third-order valence-electron chi connectivity index (χ3n) is 15.9. The van der Waals surface area contributed by atoms with Gasteiger partial charge < -0.3 is 10.2 Å². The molecule has 11 aromatic rings. The molecule has 2 unspecified atom stereocenters. The van der Waals surface area contributed by atoms with Crippen LogP contribution in [-0.4, -0.2) is 6.04 Å². The lowest BCUT2D eigenvalue weighted by molar-refractivity contribution is 0.551. The lowest BCUT2D eigenvalue weighted by atomic mass is 9.70. The molecule has 1 spiro atoms. The van der Waals surface area contributed by atoms with Gasteiger partial charge in [0, 0.05) is 59.5 Å². The van der Waals surface area contributed by atoms with E-state index in [1.54, 1.807) is 0 Å². The molecule has 3 aliphatic carbocycles. The van der Waals surface area contributed by atoms with Crippen LogP contribution in [-0.2, 0) is 10.8 Å². The van der Waals surface area contributed by atoms with E-state index in [-0.39, 0.29) is 11.5 Å². The molecule has 4 aliphatic rings. The molecule has 3 heteroatoms. The standard InChI is InChI=1S/C66H44N2S/c1-65-37-14-13-28-62(65)68(45-32-29-43(30-33-45)47-24-15-19-41-18-5-6-20-46(41)47)60-40-59(53(39-58(60)65)42-16-3-2-4-17-42)67-44-31-34-52-57(38-44)66(54-25-10-7-21-48(54)49-22-8-11-26-55(49)66)56-36-35-51-50-23-9-12-27-61(50)69-64(51)63(52)56/h2-40,62,67H,1H3. The Balaban J connectivity index is 0.922. The number of allylic oxidation sites excluding steroid dienone is 2. The molecule has 2 nitrogen and oxygen atoms in total. The summed E-state index contributed by atoms with van der Waals surface area (Å²) in [5.41, 5.74) is 20.7. The third-order valence-corrected chi connectivity index (χ3v) is 17.1. The van der Waals surface area contributed by atoms with Crippen LogP contribution in [0.4, 0.5) is 22.7 Å². The molecule has 324 valence electrons. The molecule has 69 heavy (non-hydrogen) atoms. The Kier molecular flexibility index (Phi) is 8.09. The molecular formula is C66H44N2S. The number of hydrogen-bond acceptors (Lipinski definition) is 3. The van der Waals surface area contributed by atoms with Crippen molar-refractivity contribution < 1.29 is 0 Å². The van der Waals surface area contributed by atoms with E-state index in [2.05, 4.69) is 254 Å². The number of fused-ring (bicyclic) bond motifs is 18. The Morgan fingerprint density at radius 3 is 2.00 bits per heavy atom. The first-order chi connectivity index (χ1) is 34.1. The van der Waals surface area contributed by atoms with Crippen molar-refractivity contribution in [3.8, 4) is 44.5 Å². The van der Waals surface area contributed by atoms with Gasteiger partial charge in [-0.05, 0) is 121 Å². The molecule has 1 aliphatic heterocycles. The van der Waals surface area contributed by atoms with E-state index in [0.29, 0.717) is 0 Å². The van der Waals surface area contributed by atoms with Crippen LogP contribution in [0.3, 0.4) is 0 Å². The molecule has 0 saturated carbocycles. The molecular weight excluding hydrogens is 853 g/mol. The van der Waals surface area contributed by atoms with Gasteiger partial charge in [0.05, 0.1) is 11.5 Å². The van der Waals surface area contributed by atoms with Crippen molar-refractivity contribution in [3.05, 3.63) is 264 Å². The van der Waals surface area contributed by atoms with Crippen LogP contribution >= 0.6 is 11.3 Å². The number of rotatable bonds is 5. The van der Waals surface area contributed by atoms with Crippen LogP contribution in [0.5, 0.6) is 0 Å². The smallest absolute Gasteiger partial charge is 0.0726 e. The molecule has 0 bridgehead atoms. The maximum absolute atomic E-state index is 4.12. The average Bonchev–Trinajstić information content (AvgIpc) is 4.10. The molecule has 0 amide bonds. The van der Waals surface area contributed by atoms with Crippen LogP contribution in [0.1, 0.15) is 34.7 Å². The first kappa shape index (κ1) is 38.8. The van der Waals surface area contributed by atoms with Gasteiger partial charge in [0.1, 0.15) is 0 Å². The minimum atomic E-state index is -0.474. The van der Waals surface area contributed by atoms with Gasteiger partial charge in [0.2, 0.25) is 0 Å². The fourth-order valence-corrected chi connectivity index (χ4v) is 14.1. The molecule has 15 rings (SSSR count). The quantitative estimate of drug-likeness (QED) is 0.185. The molecule has 1 N–H and O–H groups in total. The van der Waals surface area contributed by atoms with Crippen molar-refractivity contribution in [3.63, 3.8) is 0 Å². The normalized spacial score (nSPS) is 17.5. The molecule has 0 fully saturated rings. The van der Waals surface area contributed by atoms with Crippen LogP contribution in [0.15, 0.2) is 237 Å². The summed E-state index contributed by atoms with van der Waals surface area (Å²) in [6.07, 6.45) is 9.24. The zero-order valence-electron chi connectivity index (χ0n) is 37.9. The molecule has 2 heterocycles. The van der Waals surface area contributed by atoms with Crippen molar-refractivity contribution in [1.29, 1.82) is 0 Å². The number of anilines is 4. The minimum Gasteiger partial charge on any atom is -0.355 e. The van der Waals surface area contributed by atoms with E-state index >= 15 is 0 Å². The van der Waals surface area contributed by atoms with Gasteiger partial charge in [0.25, 0.3) is 0 Å². The van der Waals surface area contributed by atoms with Crippen molar-refractivity contribution >= 4 is 65.0 Å². The maximum atomic E-state index is 4.12. The van der Waals surface area contributed by atoms with Crippen molar-refractivity contribution in [2.75, 3.05) is 10.2 Å². The van der Waals surface area contributed by atoms with Crippen LogP contribution in [0, 0.1) is 0 Å². The Labute approximate surface area is 405 Å². The number of benzene rings is 10. The summed E-state index contributed by atoms with van der Waals surface area (Å²) >= 11 is 1.93. The molecule has 2 atom stereocenters. The summed E-state index contributed by atoms with van der Waals surface area (Å²) in [5, 5.41) is 9.31. The second kappa shape index (κ2) is 14.4. The maximum Gasteiger partial charge on any atom is 0.0726 e. The van der Waals surface area contributed by atoms with E-state index in [9.17, 15) is 0 Å². The second-order valence-electron chi connectivity index (χ2n) is 19.4. The lowest BCUT2D eigenvalue weighted by Gasteiger charge is -2.34. The summed E-state index contributed by atoms with van der Waals surface area (Å²) in [7, 11) is 0. The second-order valence-corrected chi connectivity index (χ2v) is 20.4. The lowest BCUT2D eigenvalue weighted by Crippen LogP contribution is -2.39. The Morgan fingerprint density at radius 2 is 1.17 bits per heavy atom. The highest BCUT2D eigenvalue weighted by molar-refractivity contribution is 7.26. The van der Waals surface area contributed by atoms with Gasteiger partial charge in [-0.1, -0.05) is 194 Å². The van der Waals surface area contributed by atoms with Gasteiger partial charge >= 0.3 is 0 Å². The predicted molar refractivity (Wildman–Crippen MR) is 292 cm³/mol. The number of nitrogens with zero attached hydrogens (tertiary/aromatic N) is 1. The minimum absolute atomic E-state index is 0.103. The summed E-state index contributed by atoms with van der Waals surface area (Å²) < 4.78 is 2.69. The van der Waals surface area contributed by atoms with Crippen LogP contribution in [0.2, 0.25) is 0 Å². The number of hydrogen-bond donors (Lipinski definition) is 1. The largest absolute Gasteiger partial charge is 0.355 e. The van der Waals surface area contributed by atoms with E-state index in [1.165, 1.54) is 115 Å². The van der Waals surface area contributed by atoms with Gasteiger partial charge in [-0.3, -0.25) is 0 Å². The van der Waals surface area contributed by atoms with E-state index < -0.39 is 5.41 Å². The van der Waals surface area contributed by atoms with Gasteiger partial charge in [-0.2, -0.15) is 0 Å². The summed E-state index contributed by atoms with van der Waals surface area (Å²) in [5.74, 6) is 0. The van der Waals surface area contributed by atoms with E-state index in [0.717, 1.165) is 11.4 Å². The van der Waals surface area contributed by atoms with E-state index in [1.807, 2.05) is 11.3 Å². The number of thiophene rings is 1. The Hall–Kier alpha value is -8.24. The van der Waals surface area contributed by atoms with Crippen molar-refractivity contribution in [2.45, 2.75) is 23.8 Å². The third kappa shape index (κ3) is 5.31. The molecule has 0 radical (unpaired) electrons. The Bertz CT molecular complexity index is 3970. The van der Waals surface area contributed by atoms with Gasteiger partial charge in [0.15, 0.2) is 0 Å². The van der Waals surface area contributed by atoms with E-state index in [4.69, 9.17) is 0 Å². The van der Waals surface area contributed by atoms with Crippen LogP contribution < -0.4 is 10.2 Å². The summed E-state index contributed by atoms with van der Waals surface area (Å²) in [4.78, 5) is 2.57. The predicted octanol–water partition coefficient (Wildman–Crippen LogP) is 17.5. The van der Waals surface area contributed by atoms with Gasteiger partial charge in [-0.15, -0.1) is 11.3 Å². The topological polar surface area (TPSA) is 15.3 Å². The fourth-order valence-electron chi connectivity index (χ4n) is 12.9. The van der Waals surface area contributed by atoms with Crippen molar-refractivity contribution in [2.24, 2.45) is 0 Å². The zero-order chi connectivity index (χ0) is 45.4. The molecule has 10 aromatic carbocycles. The van der Waals surface area contributed by atoms with Crippen LogP contribution in [0.25, 0.3) is 75.5 Å². The zero-order valence-corrected chi connectivity index (χ0v) is 38.8. The SMILES string of the molecule is CC12C=CC=CC1N(c1ccc(-c3cccc4ccccc34)cc1)c1cc(Nc3ccc4c(c3)C3(c5ccccc5-c5ccccc53)c3ccc5c(sc6ccccc65)c3-4)c(-c3ccccc3)cc12. The highest BCUT2D eigenvalue weighted by Gasteiger charge is 2.52. The van der Waals surface area contributed by atoms with Gasteiger partial charge in [-0.25, -0.2) is 0 Å². The first-order valence-electron chi connectivity index (χ1n) is 24.1. The number of nitrogens with one attached hydrogen (secondary N) is 1. The Morgan fingerprint density at radius 1 is 0.478 bits per heavy atom. The summed E-state index contributed by atoms with van der Waals surface area (Å²) in [6, 6.07) is 79.7. The fraction of sp³-hybridized carbons (Fsp3) is 0.0606. The average molecular weight is 897 g/mol. The first-order valence-corrected chi connectivity index (χ1v) is 24.9. The molecule has 0 saturated heterocycles. The highest BCUT2D eigenvalue weighted by Crippen LogP contribution is 2.65. The highest BCUT2D eigenvalue weighted by atomic mass is 32.1. The summed E-state index contributed by atoms with van der Waals surface area (Å²) in [6.45, 7) is 2.41. The molecule has 1 aromatic heterocycles. The monoisotopic (exact) mass is 896 g/mol.